The van der Waals surface area contributed by atoms with Crippen LogP contribution < -0.4 is 15.4 Å². The normalized spacial score (nSPS) is 19.9. The summed E-state index contributed by atoms with van der Waals surface area (Å²) in [5.74, 6) is 0.203. The molecule has 2 aliphatic rings. The highest BCUT2D eigenvalue weighted by Gasteiger charge is 2.29. The van der Waals surface area contributed by atoms with E-state index >= 15 is 0 Å². The Hall–Kier alpha value is -1.64. The number of carbonyl (C=O) groups is 1. The lowest BCUT2D eigenvalue weighted by Gasteiger charge is -2.27. The molecule has 2 saturated heterocycles. The number of sulfonamides is 1. The van der Waals surface area contributed by atoms with E-state index in [1.807, 2.05) is 0 Å². The van der Waals surface area contributed by atoms with Crippen LogP contribution >= 0.6 is 0 Å². The molecule has 0 bridgehead atoms. The number of hydrogen-bond acceptors (Lipinski definition) is 5. The maximum Gasteiger partial charge on any atom is 0.246 e. The standard InChI is InChI=1S/C18H27N3O4S/c1-25-16-6-5-15(20-18(22)14-7-9-19-10-8-14)13-17(16)26(23,24)21-11-3-2-4-12-21/h5-6,13-14,19H,2-4,7-12H2,1H3,(H,20,22). The third-order valence-electron chi connectivity index (χ3n) is 5.07. The summed E-state index contributed by atoms with van der Waals surface area (Å²) in [5.41, 5.74) is 0.491. The smallest absolute Gasteiger partial charge is 0.246 e. The summed E-state index contributed by atoms with van der Waals surface area (Å²) in [5, 5.41) is 6.11. The second-order valence-electron chi connectivity index (χ2n) is 6.84. The monoisotopic (exact) mass is 381 g/mol. The zero-order valence-electron chi connectivity index (χ0n) is 15.2. The van der Waals surface area contributed by atoms with E-state index in [9.17, 15) is 13.2 Å². The molecule has 0 aliphatic carbocycles. The zero-order valence-corrected chi connectivity index (χ0v) is 16.0. The number of ether oxygens (including phenoxy) is 1. The fraction of sp³-hybridized carbons (Fsp3) is 0.611. The summed E-state index contributed by atoms with van der Waals surface area (Å²) in [6.07, 6.45) is 4.37. The average Bonchev–Trinajstić information content (AvgIpc) is 2.69. The molecular formula is C18H27N3O4S. The van der Waals surface area contributed by atoms with Crippen molar-refractivity contribution in [3.8, 4) is 5.75 Å². The molecule has 0 atom stereocenters. The van der Waals surface area contributed by atoms with Crippen LogP contribution in [0.25, 0.3) is 0 Å². The number of rotatable bonds is 5. The first-order valence-electron chi connectivity index (χ1n) is 9.22. The van der Waals surface area contributed by atoms with Crippen molar-refractivity contribution in [2.24, 2.45) is 5.92 Å². The molecule has 26 heavy (non-hydrogen) atoms. The summed E-state index contributed by atoms with van der Waals surface area (Å²) in [6.45, 7) is 2.71. The quantitative estimate of drug-likeness (QED) is 0.812. The molecule has 0 saturated carbocycles. The molecular weight excluding hydrogens is 354 g/mol. The summed E-state index contributed by atoms with van der Waals surface area (Å²) < 4.78 is 32.8. The van der Waals surface area contributed by atoms with Crippen LogP contribution in [0.2, 0.25) is 0 Å². The van der Waals surface area contributed by atoms with E-state index < -0.39 is 10.0 Å². The lowest BCUT2D eigenvalue weighted by Crippen LogP contribution is -2.36. The highest BCUT2D eigenvalue weighted by Crippen LogP contribution is 2.31. The van der Waals surface area contributed by atoms with Crippen molar-refractivity contribution in [3.05, 3.63) is 18.2 Å². The van der Waals surface area contributed by atoms with Gasteiger partial charge in [0.05, 0.1) is 7.11 Å². The molecule has 144 valence electrons. The fourth-order valence-corrected chi connectivity index (χ4v) is 5.23. The van der Waals surface area contributed by atoms with Crippen LogP contribution in [0.15, 0.2) is 23.1 Å². The van der Waals surface area contributed by atoms with Crippen molar-refractivity contribution >= 4 is 21.6 Å². The number of hydrogen-bond donors (Lipinski definition) is 2. The molecule has 0 aromatic heterocycles. The molecule has 7 nitrogen and oxygen atoms in total. The summed E-state index contributed by atoms with van der Waals surface area (Å²) >= 11 is 0. The Kier molecular flexibility index (Phi) is 6.16. The number of anilines is 1. The van der Waals surface area contributed by atoms with Gasteiger partial charge in [-0.25, -0.2) is 8.42 Å². The van der Waals surface area contributed by atoms with Crippen molar-refractivity contribution in [3.63, 3.8) is 0 Å². The number of nitrogens with zero attached hydrogens (tertiary/aromatic N) is 1. The van der Waals surface area contributed by atoms with E-state index in [4.69, 9.17) is 4.74 Å². The van der Waals surface area contributed by atoms with E-state index in [-0.39, 0.29) is 16.7 Å². The summed E-state index contributed by atoms with van der Waals surface area (Å²) in [4.78, 5) is 12.6. The summed E-state index contributed by atoms with van der Waals surface area (Å²) in [6, 6.07) is 4.81. The van der Waals surface area contributed by atoms with Crippen LogP contribution in [-0.2, 0) is 14.8 Å². The second-order valence-corrected chi connectivity index (χ2v) is 8.75. The van der Waals surface area contributed by atoms with Crippen molar-refractivity contribution < 1.29 is 17.9 Å². The minimum atomic E-state index is -3.64. The van der Waals surface area contributed by atoms with Crippen LogP contribution in [-0.4, -0.2) is 51.9 Å². The molecule has 1 aromatic rings. The molecule has 3 rings (SSSR count). The minimum absolute atomic E-state index is 0.0412. The van der Waals surface area contributed by atoms with Crippen molar-refractivity contribution in [1.29, 1.82) is 0 Å². The molecule has 0 unspecified atom stereocenters. The minimum Gasteiger partial charge on any atom is -0.495 e. The Balaban J connectivity index is 1.83. The predicted octanol–water partition coefficient (Wildman–Crippen LogP) is 1.81. The van der Waals surface area contributed by atoms with Gasteiger partial charge in [0.25, 0.3) is 0 Å². The van der Waals surface area contributed by atoms with E-state index in [2.05, 4.69) is 10.6 Å². The Bertz CT molecular complexity index is 739. The largest absolute Gasteiger partial charge is 0.495 e. The Morgan fingerprint density at radius 1 is 1.19 bits per heavy atom. The highest BCUT2D eigenvalue weighted by atomic mass is 32.2. The maximum absolute atomic E-state index is 13.0. The van der Waals surface area contributed by atoms with Gasteiger partial charge in [0.1, 0.15) is 10.6 Å². The van der Waals surface area contributed by atoms with Gasteiger partial charge in [0, 0.05) is 24.7 Å². The van der Waals surface area contributed by atoms with Gasteiger partial charge in [0.15, 0.2) is 0 Å². The SMILES string of the molecule is COc1ccc(NC(=O)C2CCNCC2)cc1S(=O)(=O)N1CCCCC1. The number of methoxy groups -OCH3 is 1. The molecule has 2 heterocycles. The van der Waals surface area contributed by atoms with Crippen molar-refractivity contribution in [2.75, 3.05) is 38.6 Å². The van der Waals surface area contributed by atoms with Gasteiger partial charge < -0.3 is 15.4 Å². The van der Waals surface area contributed by atoms with E-state index in [1.54, 1.807) is 12.1 Å². The maximum atomic E-state index is 13.0. The lowest BCUT2D eigenvalue weighted by molar-refractivity contribution is -0.120. The third kappa shape index (κ3) is 4.19. The highest BCUT2D eigenvalue weighted by molar-refractivity contribution is 7.89. The van der Waals surface area contributed by atoms with Gasteiger partial charge in [-0.05, 0) is 57.0 Å². The number of piperidine rings is 2. The molecule has 2 fully saturated rings. The number of carbonyl (C=O) groups excluding carboxylic acids is 1. The van der Waals surface area contributed by atoms with Crippen LogP contribution in [0.5, 0.6) is 5.75 Å². The molecule has 1 amide bonds. The number of benzene rings is 1. The van der Waals surface area contributed by atoms with E-state index in [0.717, 1.165) is 45.2 Å². The average molecular weight is 381 g/mol. The van der Waals surface area contributed by atoms with Gasteiger partial charge in [-0.1, -0.05) is 6.42 Å². The predicted molar refractivity (Wildman–Crippen MR) is 99.8 cm³/mol. The van der Waals surface area contributed by atoms with E-state index in [0.29, 0.717) is 24.5 Å². The van der Waals surface area contributed by atoms with Gasteiger partial charge >= 0.3 is 0 Å². The molecule has 8 heteroatoms. The first-order valence-corrected chi connectivity index (χ1v) is 10.7. The number of amides is 1. The Labute approximate surface area is 155 Å². The van der Waals surface area contributed by atoms with Crippen LogP contribution in [0.4, 0.5) is 5.69 Å². The first kappa shape index (κ1) is 19.1. The second kappa shape index (κ2) is 8.37. The van der Waals surface area contributed by atoms with Crippen molar-refractivity contribution in [1.82, 2.24) is 9.62 Å². The lowest BCUT2D eigenvalue weighted by atomic mass is 9.97. The molecule has 2 N–H and O–H groups in total. The van der Waals surface area contributed by atoms with Gasteiger partial charge in [0.2, 0.25) is 15.9 Å². The number of nitrogens with one attached hydrogen (secondary N) is 2. The Morgan fingerprint density at radius 3 is 2.54 bits per heavy atom. The first-order chi connectivity index (χ1) is 12.5. The molecule has 0 radical (unpaired) electrons. The van der Waals surface area contributed by atoms with Gasteiger partial charge in [-0.3, -0.25) is 4.79 Å². The van der Waals surface area contributed by atoms with E-state index in [1.165, 1.54) is 17.5 Å². The molecule has 2 aliphatic heterocycles. The summed E-state index contributed by atoms with van der Waals surface area (Å²) in [7, 11) is -2.18. The Morgan fingerprint density at radius 2 is 1.88 bits per heavy atom. The van der Waals surface area contributed by atoms with Gasteiger partial charge in [-0.15, -0.1) is 0 Å². The zero-order chi connectivity index (χ0) is 18.6. The molecule has 0 spiro atoms. The van der Waals surface area contributed by atoms with Gasteiger partial charge in [-0.2, -0.15) is 4.31 Å². The topological polar surface area (TPSA) is 87.7 Å². The molecule has 1 aromatic carbocycles. The fourth-order valence-electron chi connectivity index (χ4n) is 3.53. The van der Waals surface area contributed by atoms with Crippen LogP contribution in [0.1, 0.15) is 32.1 Å². The van der Waals surface area contributed by atoms with Crippen LogP contribution in [0.3, 0.4) is 0 Å². The third-order valence-corrected chi connectivity index (χ3v) is 6.99. The van der Waals surface area contributed by atoms with Crippen LogP contribution in [0, 0.1) is 5.92 Å². The van der Waals surface area contributed by atoms with Crippen molar-refractivity contribution in [2.45, 2.75) is 37.0 Å².